The van der Waals surface area contributed by atoms with Gasteiger partial charge in [-0.15, -0.1) is 0 Å². The Morgan fingerprint density at radius 3 is 2.24 bits per heavy atom. The average molecular weight is 278 g/mol. The van der Waals surface area contributed by atoms with E-state index in [9.17, 15) is 8.42 Å². The number of nitrogens with zero attached hydrogens (tertiary/aromatic N) is 1. The fourth-order valence-corrected chi connectivity index (χ4v) is 5.36. The van der Waals surface area contributed by atoms with Crippen molar-refractivity contribution >= 4 is 27.2 Å². The van der Waals surface area contributed by atoms with Crippen LogP contribution in [0.5, 0.6) is 0 Å². The van der Waals surface area contributed by atoms with Gasteiger partial charge in [-0.05, 0) is 33.1 Å². The standard InChI is InChI=1S/C11H22N2O2S2/c1-4-10(11(12)16)17(14,15)13-8(2)6-5-7-9(13)3/h8-10H,4-7H2,1-3H3,(H2,12,16)/t8-,9+,10?. The third-order valence-electron chi connectivity index (χ3n) is 3.45. The van der Waals surface area contributed by atoms with E-state index in [4.69, 9.17) is 18.0 Å². The molecule has 1 rings (SSSR count). The molecule has 0 aromatic carbocycles. The van der Waals surface area contributed by atoms with Crippen molar-refractivity contribution in [2.75, 3.05) is 0 Å². The Morgan fingerprint density at radius 2 is 1.88 bits per heavy atom. The summed E-state index contributed by atoms with van der Waals surface area (Å²) in [5, 5.41) is -0.722. The number of nitrogens with two attached hydrogens (primary N) is 1. The van der Waals surface area contributed by atoms with Gasteiger partial charge in [0, 0.05) is 12.1 Å². The molecule has 100 valence electrons. The number of sulfonamides is 1. The first kappa shape index (κ1) is 14.9. The molecular formula is C11H22N2O2S2. The summed E-state index contributed by atoms with van der Waals surface area (Å²) in [5.41, 5.74) is 5.56. The minimum Gasteiger partial charge on any atom is -0.392 e. The van der Waals surface area contributed by atoms with Crippen LogP contribution in [0.1, 0.15) is 46.5 Å². The second-order valence-electron chi connectivity index (χ2n) is 4.80. The van der Waals surface area contributed by atoms with E-state index in [0.29, 0.717) is 6.42 Å². The lowest BCUT2D eigenvalue weighted by atomic mass is 10.0. The van der Waals surface area contributed by atoms with Crippen LogP contribution in [-0.4, -0.2) is 35.0 Å². The maximum atomic E-state index is 12.5. The Morgan fingerprint density at radius 1 is 1.41 bits per heavy atom. The highest BCUT2D eigenvalue weighted by atomic mass is 32.2. The van der Waals surface area contributed by atoms with Gasteiger partial charge in [-0.2, -0.15) is 4.31 Å². The molecule has 4 nitrogen and oxygen atoms in total. The molecule has 0 saturated carbocycles. The molecule has 1 unspecified atom stereocenters. The lowest BCUT2D eigenvalue weighted by Crippen LogP contribution is -2.53. The molecule has 0 bridgehead atoms. The summed E-state index contributed by atoms with van der Waals surface area (Å²) >= 11 is 4.88. The lowest BCUT2D eigenvalue weighted by Gasteiger charge is -2.39. The van der Waals surface area contributed by atoms with Crippen molar-refractivity contribution in [3.05, 3.63) is 0 Å². The molecule has 0 radical (unpaired) electrons. The third-order valence-corrected chi connectivity index (χ3v) is 6.50. The molecule has 1 aliphatic heterocycles. The molecule has 17 heavy (non-hydrogen) atoms. The van der Waals surface area contributed by atoms with E-state index in [0.717, 1.165) is 19.3 Å². The zero-order valence-electron chi connectivity index (χ0n) is 10.7. The average Bonchev–Trinajstić information content (AvgIpc) is 2.16. The summed E-state index contributed by atoms with van der Waals surface area (Å²) in [6.45, 7) is 5.72. The van der Waals surface area contributed by atoms with E-state index >= 15 is 0 Å². The minimum atomic E-state index is -3.40. The Hall–Kier alpha value is -0.200. The third kappa shape index (κ3) is 2.98. The summed E-state index contributed by atoms with van der Waals surface area (Å²) in [6.07, 6.45) is 3.35. The second-order valence-corrected chi connectivity index (χ2v) is 7.30. The van der Waals surface area contributed by atoms with Crippen molar-refractivity contribution < 1.29 is 8.42 Å². The molecule has 0 aliphatic carbocycles. The topological polar surface area (TPSA) is 63.4 Å². The molecule has 0 amide bonds. The number of thiocarbonyl (C=S) groups is 1. The Balaban J connectivity index is 3.06. The highest BCUT2D eigenvalue weighted by Crippen LogP contribution is 2.28. The van der Waals surface area contributed by atoms with E-state index in [-0.39, 0.29) is 17.1 Å². The van der Waals surface area contributed by atoms with Gasteiger partial charge in [-0.25, -0.2) is 8.42 Å². The molecule has 1 heterocycles. The van der Waals surface area contributed by atoms with Crippen LogP contribution in [0.15, 0.2) is 0 Å². The molecule has 1 fully saturated rings. The van der Waals surface area contributed by atoms with Gasteiger partial charge in [0.1, 0.15) is 5.25 Å². The van der Waals surface area contributed by atoms with E-state index in [1.54, 1.807) is 11.2 Å². The highest BCUT2D eigenvalue weighted by Gasteiger charge is 2.39. The Kier molecular flexibility index (Phi) is 4.92. The summed E-state index contributed by atoms with van der Waals surface area (Å²) in [4.78, 5) is 0.0810. The quantitative estimate of drug-likeness (QED) is 0.794. The van der Waals surface area contributed by atoms with Crippen LogP contribution >= 0.6 is 12.2 Å². The maximum absolute atomic E-state index is 12.5. The fourth-order valence-electron chi connectivity index (χ4n) is 2.60. The van der Waals surface area contributed by atoms with Crippen LogP contribution in [-0.2, 0) is 10.0 Å². The van der Waals surface area contributed by atoms with Gasteiger partial charge in [0.2, 0.25) is 10.0 Å². The number of hydrogen-bond acceptors (Lipinski definition) is 3. The molecule has 1 saturated heterocycles. The van der Waals surface area contributed by atoms with E-state index in [1.165, 1.54) is 0 Å². The van der Waals surface area contributed by atoms with Gasteiger partial charge in [0.05, 0.1) is 4.99 Å². The van der Waals surface area contributed by atoms with Gasteiger partial charge in [0.25, 0.3) is 0 Å². The van der Waals surface area contributed by atoms with Gasteiger partial charge >= 0.3 is 0 Å². The van der Waals surface area contributed by atoms with Gasteiger partial charge in [-0.3, -0.25) is 0 Å². The fraction of sp³-hybridized carbons (Fsp3) is 0.909. The molecule has 3 atom stereocenters. The maximum Gasteiger partial charge on any atom is 0.223 e. The zero-order valence-corrected chi connectivity index (χ0v) is 12.4. The van der Waals surface area contributed by atoms with E-state index < -0.39 is 15.3 Å². The smallest absolute Gasteiger partial charge is 0.223 e. The summed E-state index contributed by atoms with van der Waals surface area (Å²) in [5.74, 6) is 0. The van der Waals surface area contributed by atoms with Crippen LogP contribution in [0.25, 0.3) is 0 Å². The molecule has 2 N–H and O–H groups in total. The van der Waals surface area contributed by atoms with Crippen molar-refractivity contribution in [2.45, 2.75) is 63.8 Å². The monoisotopic (exact) mass is 278 g/mol. The summed E-state index contributed by atoms with van der Waals surface area (Å²) in [7, 11) is -3.40. The molecule has 1 aliphatic rings. The van der Waals surface area contributed by atoms with Crippen LogP contribution in [0.3, 0.4) is 0 Å². The van der Waals surface area contributed by atoms with Crippen molar-refractivity contribution in [3.63, 3.8) is 0 Å². The lowest BCUT2D eigenvalue weighted by molar-refractivity contribution is 0.203. The van der Waals surface area contributed by atoms with Crippen molar-refractivity contribution in [1.29, 1.82) is 0 Å². The van der Waals surface area contributed by atoms with Crippen molar-refractivity contribution in [3.8, 4) is 0 Å². The molecule has 0 aromatic heterocycles. The number of hydrogen-bond donors (Lipinski definition) is 1. The first-order chi connectivity index (χ1) is 7.82. The molecule has 0 spiro atoms. The Bertz CT molecular complexity index is 371. The normalized spacial score (nSPS) is 28.9. The number of piperidine rings is 1. The van der Waals surface area contributed by atoms with Crippen molar-refractivity contribution in [2.24, 2.45) is 5.73 Å². The van der Waals surface area contributed by atoms with Crippen LogP contribution < -0.4 is 5.73 Å². The van der Waals surface area contributed by atoms with Crippen LogP contribution in [0.2, 0.25) is 0 Å². The summed E-state index contributed by atoms with van der Waals surface area (Å²) in [6, 6.07) is 0.0966. The predicted molar refractivity (Wildman–Crippen MR) is 74.4 cm³/mol. The second kappa shape index (κ2) is 5.63. The van der Waals surface area contributed by atoms with E-state index in [2.05, 4.69) is 0 Å². The van der Waals surface area contributed by atoms with Gasteiger partial charge in [0.15, 0.2) is 0 Å². The summed E-state index contributed by atoms with van der Waals surface area (Å²) < 4.78 is 26.7. The minimum absolute atomic E-state index is 0.0483. The first-order valence-corrected chi connectivity index (χ1v) is 8.05. The van der Waals surface area contributed by atoms with Crippen LogP contribution in [0.4, 0.5) is 0 Å². The highest BCUT2D eigenvalue weighted by molar-refractivity contribution is 7.92. The first-order valence-electron chi connectivity index (χ1n) is 6.14. The van der Waals surface area contributed by atoms with Crippen molar-refractivity contribution in [1.82, 2.24) is 4.31 Å². The van der Waals surface area contributed by atoms with Gasteiger partial charge in [-0.1, -0.05) is 25.6 Å². The predicted octanol–water partition coefficient (Wildman–Crippen LogP) is 1.64. The largest absolute Gasteiger partial charge is 0.392 e. The molecule has 0 aromatic rings. The Labute approximate surface area is 110 Å². The van der Waals surface area contributed by atoms with E-state index in [1.807, 2.05) is 13.8 Å². The zero-order chi connectivity index (χ0) is 13.2. The van der Waals surface area contributed by atoms with Crippen LogP contribution in [0, 0.1) is 0 Å². The number of rotatable bonds is 4. The molecule has 6 heteroatoms. The molecular weight excluding hydrogens is 256 g/mol. The van der Waals surface area contributed by atoms with Gasteiger partial charge < -0.3 is 5.73 Å². The SMILES string of the molecule is CCC(C(N)=S)S(=O)(=O)N1[C@H](C)CCC[C@@H]1C.